The van der Waals surface area contributed by atoms with Gasteiger partial charge in [-0.2, -0.15) is 0 Å². The summed E-state index contributed by atoms with van der Waals surface area (Å²) in [6.45, 7) is 7.33. The lowest BCUT2D eigenvalue weighted by molar-refractivity contribution is -0.134. The van der Waals surface area contributed by atoms with E-state index in [2.05, 4.69) is 30.2 Å². The van der Waals surface area contributed by atoms with E-state index in [4.69, 9.17) is 10.5 Å². The number of pyridine rings is 1. The molecule has 178 valence electrons. The van der Waals surface area contributed by atoms with E-state index in [0.717, 1.165) is 37.9 Å². The molecule has 0 unspecified atom stereocenters. The van der Waals surface area contributed by atoms with Crippen LogP contribution in [0.15, 0.2) is 24.5 Å². The van der Waals surface area contributed by atoms with Gasteiger partial charge in [0.2, 0.25) is 5.91 Å². The van der Waals surface area contributed by atoms with E-state index in [1.807, 2.05) is 30.3 Å². The molecular formula is C26H42N4O2. The molecule has 0 bridgehead atoms. The molecule has 1 aromatic heterocycles. The zero-order chi connectivity index (χ0) is 23.1. The van der Waals surface area contributed by atoms with Gasteiger partial charge < -0.3 is 20.7 Å². The maximum Gasteiger partial charge on any atom is 0.223 e. The van der Waals surface area contributed by atoms with Crippen LogP contribution >= 0.6 is 0 Å². The molecule has 6 nitrogen and oxygen atoms in total. The fraction of sp³-hybridized carbons (Fsp3) is 0.731. The third-order valence-electron chi connectivity index (χ3n) is 7.34. The number of fused-ring (bicyclic) bond motifs is 1. The van der Waals surface area contributed by atoms with Crippen LogP contribution in [-0.2, 0) is 4.79 Å². The van der Waals surface area contributed by atoms with Crippen molar-refractivity contribution in [2.24, 2.45) is 5.92 Å². The van der Waals surface area contributed by atoms with Crippen molar-refractivity contribution in [3.8, 4) is 0 Å². The first kappa shape index (κ1) is 24.8. The number of aliphatic hydroxyl groups is 1. The third-order valence-corrected chi connectivity index (χ3v) is 7.34. The predicted octanol–water partition coefficient (Wildman–Crippen LogP) is 4.29. The molecule has 3 aliphatic heterocycles. The molecule has 1 spiro atoms. The first-order chi connectivity index (χ1) is 15.5. The van der Waals surface area contributed by atoms with Gasteiger partial charge in [0.25, 0.3) is 0 Å². The zero-order valence-corrected chi connectivity index (χ0v) is 20.1. The molecule has 1 aliphatic carbocycles. The summed E-state index contributed by atoms with van der Waals surface area (Å²) >= 11 is 0. The second-order valence-electron chi connectivity index (χ2n) is 9.91. The number of aliphatic hydroxyl groups excluding tert-OH is 1. The standard InChI is InChI=1S/C13H17N3.C10H17NO2.C3H8/c1-9(14)12-11(8-16-13(12)4-5-13)10-3-2-6-15-7-10;12-7-9-6-5-8-3-1-2-4-10(13)11(8)9;1-3-2/h2-3,6-7,11-12,14,16H,4-5,8H2,1H3;8-9,12H,1-7H2;3H2,1-2H3/t11-,12-;8-,9-;/m00./s1. The van der Waals surface area contributed by atoms with Crippen LogP contribution in [0.4, 0.5) is 0 Å². The summed E-state index contributed by atoms with van der Waals surface area (Å²) in [5.74, 6) is 1.07. The molecular weight excluding hydrogens is 400 g/mol. The van der Waals surface area contributed by atoms with Gasteiger partial charge in [-0.25, -0.2) is 0 Å². The molecule has 3 saturated heterocycles. The summed E-state index contributed by atoms with van der Waals surface area (Å²) in [6.07, 6.45) is 13.6. The Morgan fingerprint density at radius 3 is 2.62 bits per heavy atom. The Hall–Kier alpha value is -1.79. The zero-order valence-electron chi connectivity index (χ0n) is 20.1. The monoisotopic (exact) mass is 442 g/mol. The van der Waals surface area contributed by atoms with E-state index in [-0.39, 0.29) is 24.1 Å². The minimum atomic E-state index is 0.121. The number of carbonyl (C=O) groups is 1. The van der Waals surface area contributed by atoms with E-state index in [1.165, 1.54) is 31.2 Å². The smallest absolute Gasteiger partial charge is 0.223 e. The van der Waals surface area contributed by atoms with Gasteiger partial charge >= 0.3 is 0 Å². The Labute approximate surface area is 193 Å². The Morgan fingerprint density at radius 2 is 2.03 bits per heavy atom. The normalized spacial score (nSPS) is 29.9. The Balaban J connectivity index is 0.000000164. The van der Waals surface area contributed by atoms with E-state index >= 15 is 0 Å². The highest BCUT2D eigenvalue weighted by molar-refractivity contribution is 5.85. The van der Waals surface area contributed by atoms with Crippen LogP contribution in [0.5, 0.6) is 0 Å². The van der Waals surface area contributed by atoms with Gasteiger partial charge in [-0.15, -0.1) is 0 Å². The van der Waals surface area contributed by atoms with Gasteiger partial charge in [0.05, 0.1) is 12.6 Å². The van der Waals surface area contributed by atoms with Crippen molar-refractivity contribution < 1.29 is 9.90 Å². The molecule has 3 N–H and O–H groups in total. The van der Waals surface area contributed by atoms with Crippen molar-refractivity contribution in [2.45, 2.75) is 102 Å². The van der Waals surface area contributed by atoms with E-state index in [0.29, 0.717) is 24.3 Å². The maximum absolute atomic E-state index is 11.7. The fourth-order valence-electron chi connectivity index (χ4n) is 5.79. The van der Waals surface area contributed by atoms with Gasteiger partial charge in [0.15, 0.2) is 0 Å². The average Bonchev–Trinajstić information content (AvgIpc) is 3.34. The SMILES string of the molecule is CC(=N)[C@H]1[C@H](c2cccnc2)CNC12CC2.CCC.O=C1CCCC[C@H]2CC[C@@H](CO)N12. The number of nitrogens with one attached hydrogen (secondary N) is 2. The molecule has 4 atom stereocenters. The summed E-state index contributed by atoms with van der Waals surface area (Å²) < 4.78 is 0. The van der Waals surface area contributed by atoms with Gasteiger partial charge in [-0.3, -0.25) is 9.78 Å². The van der Waals surface area contributed by atoms with Crippen LogP contribution in [0.3, 0.4) is 0 Å². The highest BCUT2D eigenvalue weighted by Gasteiger charge is 2.57. The molecule has 6 heteroatoms. The number of nitrogens with zero attached hydrogens (tertiary/aromatic N) is 2. The number of amides is 1. The number of hydrogen-bond acceptors (Lipinski definition) is 5. The van der Waals surface area contributed by atoms with Crippen molar-refractivity contribution in [3.63, 3.8) is 0 Å². The fourth-order valence-corrected chi connectivity index (χ4v) is 5.79. The summed E-state index contributed by atoms with van der Waals surface area (Å²) in [5.41, 5.74) is 2.35. The van der Waals surface area contributed by atoms with Crippen molar-refractivity contribution >= 4 is 11.6 Å². The van der Waals surface area contributed by atoms with Crippen molar-refractivity contribution in [2.75, 3.05) is 13.2 Å². The van der Waals surface area contributed by atoms with Crippen molar-refractivity contribution in [1.29, 1.82) is 5.41 Å². The van der Waals surface area contributed by atoms with Crippen molar-refractivity contribution in [1.82, 2.24) is 15.2 Å². The van der Waals surface area contributed by atoms with Crippen LogP contribution in [0.1, 0.15) is 90.0 Å². The Morgan fingerprint density at radius 1 is 1.28 bits per heavy atom. The molecule has 1 aromatic rings. The molecule has 32 heavy (non-hydrogen) atoms. The molecule has 0 aromatic carbocycles. The first-order valence-electron chi connectivity index (χ1n) is 12.6. The molecule has 0 radical (unpaired) electrons. The second kappa shape index (κ2) is 11.4. The summed E-state index contributed by atoms with van der Waals surface area (Å²) in [6, 6.07) is 4.68. The lowest BCUT2D eigenvalue weighted by atomic mass is 9.81. The average molecular weight is 443 g/mol. The highest BCUT2D eigenvalue weighted by atomic mass is 16.3. The number of carbonyl (C=O) groups excluding carboxylic acids is 1. The second-order valence-corrected chi connectivity index (χ2v) is 9.91. The van der Waals surface area contributed by atoms with E-state index < -0.39 is 0 Å². The first-order valence-corrected chi connectivity index (χ1v) is 12.6. The summed E-state index contributed by atoms with van der Waals surface area (Å²) in [5, 5.41) is 20.7. The predicted molar refractivity (Wildman–Crippen MR) is 129 cm³/mol. The maximum atomic E-state index is 11.7. The number of aromatic nitrogens is 1. The molecule has 1 saturated carbocycles. The van der Waals surface area contributed by atoms with Crippen LogP contribution in [0.2, 0.25) is 0 Å². The summed E-state index contributed by atoms with van der Waals surface area (Å²) in [4.78, 5) is 17.8. The van der Waals surface area contributed by atoms with Crippen LogP contribution in [-0.4, -0.2) is 57.4 Å². The number of rotatable bonds is 3. The lowest BCUT2D eigenvalue weighted by Gasteiger charge is -2.27. The van der Waals surface area contributed by atoms with Gasteiger partial charge in [0.1, 0.15) is 0 Å². The van der Waals surface area contributed by atoms with Gasteiger partial charge in [-0.05, 0) is 57.1 Å². The molecule has 1 amide bonds. The molecule has 5 rings (SSSR count). The van der Waals surface area contributed by atoms with Crippen LogP contribution in [0.25, 0.3) is 0 Å². The Kier molecular flexibility index (Phi) is 8.83. The minimum Gasteiger partial charge on any atom is -0.394 e. The third kappa shape index (κ3) is 5.57. The van der Waals surface area contributed by atoms with Crippen molar-refractivity contribution in [3.05, 3.63) is 30.1 Å². The lowest BCUT2D eigenvalue weighted by Crippen LogP contribution is -2.41. The highest BCUT2D eigenvalue weighted by Crippen LogP contribution is 2.52. The molecule has 4 fully saturated rings. The topological polar surface area (TPSA) is 89.3 Å². The summed E-state index contributed by atoms with van der Waals surface area (Å²) in [7, 11) is 0. The minimum absolute atomic E-state index is 0.121. The number of hydrogen-bond donors (Lipinski definition) is 3. The quantitative estimate of drug-likeness (QED) is 0.609. The van der Waals surface area contributed by atoms with Crippen LogP contribution < -0.4 is 5.32 Å². The Bertz CT molecular complexity index is 749. The van der Waals surface area contributed by atoms with Gasteiger partial charge in [-0.1, -0.05) is 32.8 Å². The molecule has 4 heterocycles. The van der Waals surface area contributed by atoms with Crippen LogP contribution in [0, 0.1) is 11.3 Å². The van der Waals surface area contributed by atoms with E-state index in [9.17, 15) is 4.79 Å². The van der Waals surface area contributed by atoms with E-state index in [1.54, 1.807) is 0 Å². The molecule has 4 aliphatic rings. The van der Waals surface area contributed by atoms with Gasteiger partial charge in [0, 0.05) is 54.5 Å². The largest absolute Gasteiger partial charge is 0.394 e.